The molecule has 1 heterocycles. The molecule has 0 amide bonds. The third-order valence-corrected chi connectivity index (χ3v) is 3.63. The van der Waals surface area contributed by atoms with Gasteiger partial charge < -0.3 is 14.6 Å². The first-order valence-electron chi connectivity index (χ1n) is 6.17. The summed E-state index contributed by atoms with van der Waals surface area (Å²) in [6.07, 6.45) is 0.850. The van der Waals surface area contributed by atoms with E-state index in [0.29, 0.717) is 24.0 Å². The lowest BCUT2D eigenvalue weighted by Crippen LogP contribution is -2.23. The van der Waals surface area contributed by atoms with E-state index in [0.717, 1.165) is 23.3 Å². The summed E-state index contributed by atoms with van der Waals surface area (Å²) in [5, 5.41) is 10.1. The summed E-state index contributed by atoms with van der Waals surface area (Å²) >= 11 is 6.27. The SMILES string of the molecule is Cc1c(C(C)(C)CO)cc(Cl)c2c1OCCCO2. The fourth-order valence-corrected chi connectivity index (χ4v) is 2.45. The van der Waals surface area contributed by atoms with Crippen LogP contribution in [-0.4, -0.2) is 24.9 Å². The Kier molecular flexibility index (Phi) is 3.74. The summed E-state index contributed by atoms with van der Waals surface area (Å²) in [6.45, 7) is 7.26. The van der Waals surface area contributed by atoms with Crippen LogP contribution in [0.5, 0.6) is 11.5 Å². The second kappa shape index (κ2) is 4.98. The molecule has 0 saturated carbocycles. The number of aliphatic hydroxyl groups is 1. The molecule has 0 spiro atoms. The number of hydrogen-bond donors (Lipinski definition) is 1. The van der Waals surface area contributed by atoms with Gasteiger partial charge in [-0.3, -0.25) is 0 Å². The quantitative estimate of drug-likeness (QED) is 0.898. The summed E-state index contributed by atoms with van der Waals surface area (Å²) in [6, 6.07) is 1.88. The van der Waals surface area contributed by atoms with E-state index in [1.165, 1.54) is 0 Å². The molecule has 0 aliphatic carbocycles. The van der Waals surface area contributed by atoms with Crippen molar-refractivity contribution in [1.82, 2.24) is 0 Å². The summed E-state index contributed by atoms with van der Waals surface area (Å²) in [7, 11) is 0. The van der Waals surface area contributed by atoms with E-state index in [-0.39, 0.29) is 12.0 Å². The number of hydrogen-bond acceptors (Lipinski definition) is 3. The Morgan fingerprint density at radius 2 is 1.89 bits per heavy atom. The van der Waals surface area contributed by atoms with Crippen molar-refractivity contribution in [2.75, 3.05) is 19.8 Å². The molecule has 100 valence electrons. The zero-order valence-electron chi connectivity index (χ0n) is 11.0. The lowest BCUT2D eigenvalue weighted by Gasteiger charge is -2.26. The zero-order valence-corrected chi connectivity index (χ0v) is 11.8. The minimum absolute atomic E-state index is 0.0593. The van der Waals surface area contributed by atoms with Crippen LogP contribution < -0.4 is 9.47 Å². The maximum absolute atomic E-state index is 9.51. The molecule has 0 bridgehead atoms. The fourth-order valence-electron chi connectivity index (χ4n) is 2.21. The van der Waals surface area contributed by atoms with Crippen molar-refractivity contribution >= 4 is 11.6 Å². The van der Waals surface area contributed by atoms with Gasteiger partial charge in [0.1, 0.15) is 0 Å². The standard InChI is InChI=1S/C14H19ClO3/c1-9-10(14(2,3)8-16)7-11(15)13-12(9)17-5-4-6-18-13/h7,16H,4-6,8H2,1-3H3. The first-order chi connectivity index (χ1) is 8.47. The number of halogens is 1. The highest BCUT2D eigenvalue weighted by atomic mass is 35.5. The minimum atomic E-state index is -0.349. The molecule has 18 heavy (non-hydrogen) atoms. The van der Waals surface area contributed by atoms with Gasteiger partial charge in [0, 0.05) is 11.8 Å². The Morgan fingerprint density at radius 3 is 2.50 bits per heavy atom. The van der Waals surface area contributed by atoms with E-state index in [1.54, 1.807) is 0 Å². The predicted octanol–water partition coefficient (Wildman–Crippen LogP) is 3.08. The molecule has 0 unspecified atom stereocenters. The lowest BCUT2D eigenvalue weighted by molar-refractivity contribution is 0.217. The Bertz CT molecular complexity index is 455. The van der Waals surface area contributed by atoms with Crippen LogP contribution in [0.15, 0.2) is 6.07 Å². The Balaban J connectivity index is 2.59. The molecular formula is C14H19ClO3. The number of fused-ring (bicyclic) bond motifs is 1. The number of ether oxygens (including phenoxy) is 2. The normalized spacial score (nSPS) is 15.4. The van der Waals surface area contributed by atoms with Gasteiger partial charge in [-0.2, -0.15) is 0 Å². The molecule has 1 aliphatic rings. The van der Waals surface area contributed by atoms with Gasteiger partial charge in [-0.15, -0.1) is 0 Å². The van der Waals surface area contributed by atoms with E-state index in [4.69, 9.17) is 21.1 Å². The van der Waals surface area contributed by atoms with Crippen molar-refractivity contribution in [3.8, 4) is 11.5 Å². The first kappa shape index (κ1) is 13.5. The molecule has 4 heteroatoms. The summed E-state index contributed by atoms with van der Waals surface area (Å²) in [4.78, 5) is 0. The Hall–Kier alpha value is -0.930. The van der Waals surface area contributed by atoms with E-state index in [2.05, 4.69) is 0 Å². The van der Waals surface area contributed by atoms with Gasteiger partial charge in [0.05, 0.1) is 24.8 Å². The molecule has 0 radical (unpaired) electrons. The average molecular weight is 271 g/mol. The smallest absolute Gasteiger partial charge is 0.180 e. The van der Waals surface area contributed by atoms with E-state index in [1.807, 2.05) is 26.8 Å². The molecule has 1 aromatic rings. The molecule has 0 aromatic heterocycles. The molecule has 1 aliphatic heterocycles. The van der Waals surface area contributed by atoms with E-state index >= 15 is 0 Å². The van der Waals surface area contributed by atoms with E-state index < -0.39 is 0 Å². The summed E-state index contributed by atoms with van der Waals surface area (Å²) in [5.74, 6) is 1.35. The van der Waals surface area contributed by atoms with Crippen molar-refractivity contribution in [2.45, 2.75) is 32.6 Å². The van der Waals surface area contributed by atoms with Crippen LogP contribution in [0.2, 0.25) is 5.02 Å². The van der Waals surface area contributed by atoms with Gasteiger partial charge >= 0.3 is 0 Å². The van der Waals surface area contributed by atoms with Gasteiger partial charge in [0.15, 0.2) is 11.5 Å². The Labute approximate surface area is 113 Å². The lowest BCUT2D eigenvalue weighted by atomic mass is 9.82. The molecule has 1 N–H and O–H groups in total. The van der Waals surface area contributed by atoms with Crippen molar-refractivity contribution in [1.29, 1.82) is 0 Å². The van der Waals surface area contributed by atoms with E-state index in [9.17, 15) is 5.11 Å². The van der Waals surface area contributed by atoms with Crippen molar-refractivity contribution in [3.05, 3.63) is 22.2 Å². The molecule has 3 nitrogen and oxygen atoms in total. The van der Waals surface area contributed by atoms with Crippen LogP contribution in [0.25, 0.3) is 0 Å². The van der Waals surface area contributed by atoms with Gasteiger partial charge in [0.2, 0.25) is 0 Å². The van der Waals surface area contributed by atoms with Crippen LogP contribution in [0.4, 0.5) is 0 Å². The molecule has 0 atom stereocenters. The monoisotopic (exact) mass is 270 g/mol. The molecule has 0 fully saturated rings. The highest BCUT2D eigenvalue weighted by Gasteiger charge is 2.27. The highest BCUT2D eigenvalue weighted by Crippen LogP contribution is 2.44. The number of aliphatic hydroxyl groups excluding tert-OH is 1. The third-order valence-electron chi connectivity index (χ3n) is 3.34. The van der Waals surface area contributed by atoms with Crippen molar-refractivity contribution in [2.24, 2.45) is 0 Å². The fraction of sp³-hybridized carbons (Fsp3) is 0.571. The highest BCUT2D eigenvalue weighted by molar-refractivity contribution is 6.32. The van der Waals surface area contributed by atoms with Gasteiger partial charge in [-0.1, -0.05) is 25.4 Å². The summed E-state index contributed by atoms with van der Waals surface area (Å²) in [5.41, 5.74) is 1.65. The van der Waals surface area contributed by atoms with Crippen molar-refractivity contribution < 1.29 is 14.6 Å². The maximum Gasteiger partial charge on any atom is 0.180 e. The van der Waals surface area contributed by atoms with Gasteiger partial charge in [0.25, 0.3) is 0 Å². The third kappa shape index (κ3) is 2.29. The predicted molar refractivity (Wildman–Crippen MR) is 71.9 cm³/mol. The molecular weight excluding hydrogens is 252 g/mol. The minimum Gasteiger partial charge on any atom is -0.489 e. The van der Waals surface area contributed by atoms with Gasteiger partial charge in [-0.25, -0.2) is 0 Å². The first-order valence-corrected chi connectivity index (χ1v) is 6.55. The van der Waals surface area contributed by atoms with Crippen LogP contribution >= 0.6 is 11.6 Å². The van der Waals surface area contributed by atoms with Crippen LogP contribution in [0.3, 0.4) is 0 Å². The molecule has 0 saturated heterocycles. The van der Waals surface area contributed by atoms with Crippen LogP contribution in [-0.2, 0) is 5.41 Å². The number of benzene rings is 1. The number of rotatable bonds is 2. The molecule has 2 rings (SSSR count). The average Bonchev–Trinajstić information content (AvgIpc) is 2.59. The Morgan fingerprint density at radius 1 is 1.28 bits per heavy atom. The largest absolute Gasteiger partial charge is 0.489 e. The second-order valence-corrected chi connectivity index (χ2v) is 5.69. The van der Waals surface area contributed by atoms with Crippen LogP contribution in [0, 0.1) is 6.92 Å². The van der Waals surface area contributed by atoms with Gasteiger partial charge in [-0.05, 0) is 24.1 Å². The summed E-state index contributed by atoms with van der Waals surface area (Å²) < 4.78 is 11.4. The second-order valence-electron chi connectivity index (χ2n) is 5.28. The van der Waals surface area contributed by atoms with Crippen LogP contribution in [0.1, 0.15) is 31.4 Å². The zero-order chi connectivity index (χ0) is 13.3. The van der Waals surface area contributed by atoms with Crippen molar-refractivity contribution in [3.63, 3.8) is 0 Å². The molecule has 1 aromatic carbocycles. The topological polar surface area (TPSA) is 38.7 Å². The maximum atomic E-state index is 9.51.